The lowest BCUT2D eigenvalue weighted by Gasteiger charge is -2.18. The lowest BCUT2D eigenvalue weighted by atomic mass is 10.1. The van der Waals surface area contributed by atoms with Gasteiger partial charge in [0.15, 0.2) is 0 Å². The number of nitrogens with one attached hydrogen (secondary N) is 1. The van der Waals surface area contributed by atoms with E-state index in [2.05, 4.69) is 27.5 Å². The molecule has 1 aromatic heterocycles. The molecule has 0 fully saturated rings. The Bertz CT molecular complexity index is 782. The molecule has 7 nitrogen and oxygen atoms in total. The first-order valence-electron chi connectivity index (χ1n) is 8.29. The maximum absolute atomic E-state index is 12.2. The van der Waals surface area contributed by atoms with Gasteiger partial charge in [-0.2, -0.15) is 5.10 Å². The van der Waals surface area contributed by atoms with Crippen molar-refractivity contribution >= 4 is 17.5 Å². The van der Waals surface area contributed by atoms with Crippen molar-refractivity contribution in [3.05, 3.63) is 54.1 Å². The maximum Gasteiger partial charge on any atom is 0.267 e. The summed E-state index contributed by atoms with van der Waals surface area (Å²) in [5.41, 5.74) is 1.64. The first kappa shape index (κ1) is 16.9. The van der Waals surface area contributed by atoms with Crippen molar-refractivity contribution in [3.63, 3.8) is 0 Å². The second kappa shape index (κ2) is 7.74. The molecular formula is C18H21N5O2. The summed E-state index contributed by atoms with van der Waals surface area (Å²) >= 11 is 0. The van der Waals surface area contributed by atoms with E-state index in [1.165, 1.54) is 10.6 Å². The molecule has 1 aliphatic rings. The lowest BCUT2D eigenvalue weighted by molar-refractivity contribution is -0.130. The lowest BCUT2D eigenvalue weighted by Crippen LogP contribution is -2.37. The summed E-state index contributed by atoms with van der Waals surface area (Å²) in [5.74, 6) is 0.468. The molecule has 130 valence electrons. The number of benzene rings is 1. The molecular weight excluding hydrogens is 318 g/mol. The van der Waals surface area contributed by atoms with Crippen molar-refractivity contribution in [3.8, 4) is 0 Å². The van der Waals surface area contributed by atoms with E-state index in [1.54, 1.807) is 13.2 Å². The number of hydrogen-bond donors (Lipinski definition) is 1. The third-order valence-electron chi connectivity index (χ3n) is 4.16. The van der Waals surface area contributed by atoms with Gasteiger partial charge in [-0.3, -0.25) is 9.59 Å². The largest absolute Gasteiger partial charge is 0.344 e. The molecule has 0 aliphatic carbocycles. The SMILES string of the molecule is CN1N=C(C(=O)NCc2nccn2CCc2ccccc2)CCC1=O. The van der Waals surface area contributed by atoms with E-state index < -0.39 is 0 Å². The Hall–Kier alpha value is -2.96. The molecule has 0 unspecified atom stereocenters. The Morgan fingerprint density at radius 2 is 2.04 bits per heavy atom. The number of carbonyl (C=O) groups is 2. The van der Waals surface area contributed by atoms with Crippen LogP contribution in [0.1, 0.15) is 24.2 Å². The van der Waals surface area contributed by atoms with Crippen LogP contribution in [0, 0.1) is 0 Å². The molecule has 2 aromatic rings. The van der Waals surface area contributed by atoms with Crippen LogP contribution >= 0.6 is 0 Å². The smallest absolute Gasteiger partial charge is 0.267 e. The Kier molecular flexibility index (Phi) is 5.23. The number of rotatable bonds is 6. The van der Waals surface area contributed by atoms with E-state index in [0.717, 1.165) is 18.8 Å². The summed E-state index contributed by atoms with van der Waals surface area (Å²) in [6.07, 6.45) is 5.23. The highest BCUT2D eigenvalue weighted by Crippen LogP contribution is 2.08. The maximum atomic E-state index is 12.2. The van der Waals surface area contributed by atoms with Gasteiger partial charge in [-0.05, 0) is 12.0 Å². The van der Waals surface area contributed by atoms with Crippen LogP contribution in [0.3, 0.4) is 0 Å². The summed E-state index contributed by atoms with van der Waals surface area (Å²) in [6.45, 7) is 1.13. The zero-order chi connectivity index (χ0) is 17.6. The van der Waals surface area contributed by atoms with E-state index in [0.29, 0.717) is 25.1 Å². The molecule has 3 rings (SSSR count). The standard InChI is InChI=1S/C18H21N5O2/c1-22-17(24)8-7-15(21-22)18(25)20-13-16-19-10-12-23(16)11-9-14-5-3-2-4-6-14/h2-6,10,12H,7-9,11,13H2,1H3,(H,20,25). The van der Waals surface area contributed by atoms with Gasteiger partial charge in [0.05, 0.1) is 6.54 Å². The van der Waals surface area contributed by atoms with Gasteiger partial charge in [0.1, 0.15) is 11.5 Å². The molecule has 0 atom stereocenters. The van der Waals surface area contributed by atoms with Crippen LogP contribution in [-0.4, -0.2) is 39.1 Å². The summed E-state index contributed by atoms with van der Waals surface area (Å²) in [5, 5.41) is 8.08. The number of carbonyl (C=O) groups excluding carboxylic acids is 2. The van der Waals surface area contributed by atoms with Gasteiger partial charge in [0, 0.05) is 38.8 Å². The molecule has 0 saturated carbocycles. The van der Waals surface area contributed by atoms with Crippen molar-refractivity contribution < 1.29 is 9.59 Å². The van der Waals surface area contributed by atoms with E-state index in [1.807, 2.05) is 29.0 Å². The topological polar surface area (TPSA) is 79.6 Å². The number of hydrogen-bond acceptors (Lipinski definition) is 4. The van der Waals surface area contributed by atoms with Crippen LogP contribution in [-0.2, 0) is 29.1 Å². The molecule has 1 N–H and O–H groups in total. The molecule has 2 heterocycles. The summed E-state index contributed by atoms with van der Waals surface area (Å²) in [4.78, 5) is 27.9. The van der Waals surface area contributed by atoms with Gasteiger partial charge in [-0.25, -0.2) is 9.99 Å². The van der Waals surface area contributed by atoms with Crippen molar-refractivity contribution in [2.24, 2.45) is 5.10 Å². The number of imidazole rings is 1. The quantitative estimate of drug-likeness (QED) is 0.863. The number of hydrazone groups is 1. The fourth-order valence-electron chi connectivity index (χ4n) is 2.70. The zero-order valence-electron chi connectivity index (χ0n) is 14.2. The fourth-order valence-corrected chi connectivity index (χ4v) is 2.70. The van der Waals surface area contributed by atoms with E-state index >= 15 is 0 Å². The minimum Gasteiger partial charge on any atom is -0.344 e. The van der Waals surface area contributed by atoms with Crippen LogP contribution < -0.4 is 5.32 Å². The van der Waals surface area contributed by atoms with Crippen LogP contribution in [0.15, 0.2) is 47.8 Å². The Morgan fingerprint density at radius 1 is 1.24 bits per heavy atom. The summed E-state index contributed by atoms with van der Waals surface area (Å²) in [7, 11) is 1.56. The van der Waals surface area contributed by atoms with Crippen LogP contribution in [0.4, 0.5) is 0 Å². The van der Waals surface area contributed by atoms with E-state index in [4.69, 9.17) is 0 Å². The van der Waals surface area contributed by atoms with Gasteiger partial charge in [-0.15, -0.1) is 0 Å². The average molecular weight is 339 g/mol. The first-order valence-corrected chi connectivity index (χ1v) is 8.29. The van der Waals surface area contributed by atoms with Crippen LogP contribution in [0.2, 0.25) is 0 Å². The number of aromatic nitrogens is 2. The van der Waals surface area contributed by atoms with Crippen LogP contribution in [0.5, 0.6) is 0 Å². The summed E-state index contributed by atoms with van der Waals surface area (Å²) < 4.78 is 2.03. The van der Waals surface area contributed by atoms with E-state index in [-0.39, 0.29) is 11.8 Å². The van der Waals surface area contributed by atoms with E-state index in [9.17, 15) is 9.59 Å². The van der Waals surface area contributed by atoms with Crippen molar-refractivity contribution in [1.29, 1.82) is 0 Å². The minimum absolute atomic E-state index is 0.0759. The molecule has 0 spiro atoms. The predicted octanol–water partition coefficient (Wildman–Crippen LogP) is 1.35. The van der Waals surface area contributed by atoms with Gasteiger partial charge >= 0.3 is 0 Å². The molecule has 1 aliphatic heterocycles. The highest BCUT2D eigenvalue weighted by molar-refractivity contribution is 6.39. The highest BCUT2D eigenvalue weighted by Gasteiger charge is 2.21. The average Bonchev–Trinajstić information content (AvgIpc) is 3.08. The Balaban J connectivity index is 1.55. The van der Waals surface area contributed by atoms with Gasteiger partial charge in [0.2, 0.25) is 5.91 Å². The van der Waals surface area contributed by atoms with Crippen molar-refractivity contribution in [1.82, 2.24) is 19.9 Å². The summed E-state index contributed by atoms with van der Waals surface area (Å²) in [6, 6.07) is 10.2. The van der Waals surface area contributed by atoms with Crippen molar-refractivity contribution in [2.45, 2.75) is 32.4 Å². The molecule has 0 saturated heterocycles. The van der Waals surface area contributed by atoms with Gasteiger partial charge in [0.25, 0.3) is 5.91 Å². The third-order valence-corrected chi connectivity index (χ3v) is 4.16. The molecule has 7 heteroatoms. The van der Waals surface area contributed by atoms with Crippen LogP contribution in [0.25, 0.3) is 0 Å². The van der Waals surface area contributed by atoms with Gasteiger partial charge < -0.3 is 9.88 Å². The first-order chi connectivity index (χ1) is 12.1. The minimum atomic E-state index is -0.253. The predicted molar refractivity (Wildman–Crippen MR) is 93.7 cm³/mol. The van der Waals surface area contributed by atoms with Gasteiger partial charge in [-0.1, -0.05) is 30.3 Å². The highest BCUT2D eigenvalue weighted by atomic mass is 16.2. The van der Waals surface area contributed by atoms with Crippen molar-refractivity contribution in [2.75, 3.05) is 7.05 Å². The number of nitrogens with zero attached hydrogens (tertiary/aromatic N) is 4. The molecule has 25 heavy (non-hydrogen) atoms. The fraction of sp³-hybridized carbons (Fsp3) is 0.333. The monoisotopic (exact) mass is 339 g/mol. The Labute approximate surface area is 146 Å². The normalized spacial score (nSPS) is 14.4. The molecule has 2 amide bonds. The molecule has 0 bridgehead atoms. The third kappa shape index (κ3) is 4.32. The zero-order valence-corrected chi connectivity index (χ0v) is 14.2. The number of aryl methyl sites for hydroxylation is 2. The molecule has 1 aromatic carbocycles. The molecule has 0 radical (unpaired) electrons. The Morgan fingerprint density at radius 3 is 2.80 bits per heavy atom. The second-order valence-electron chi connectivity index (χ2n) is 5.92. The second-order valence-corrected chi connectivity index (χ2v) is 5.92. The number of amides is 2.